The van der Waals surface area contributed by atoms with Crippen LogP contribution in [-0.2, 0) is 13.0 Å². The Labute approximate surface area is 123 Å². The molecule has 21 heavy (non-hydrogen) atoms. The monoisotopic (exact) mass is 278 g/mol. The molecule has 0 saturated carbocycles. The number of aromatic nitrogens is 1. The molecule has 0 radical (unpaired) electrons. The Kier molecular flexibility index (Phi) is 3.73. The second-order valence-corrected chi connectivity index (χ2v) is 5.24. The van der Waals surface area contributed by atoms with Crippen LogP contribution in [0.4, 0.5) is 5.69 Å². The van der Waals surface area contributed by atoms with Crippen molar-refractivity contribution in [1.29, 1.82) is 0 Å². The minimum absolute atomic E-state index is 0.0812. The fourth-order valence-corrected chi connectivity index (χ4v) is 2.66. The topological polar surface area (TPSA) is 48.0 Å². The molecule has 2 aromatic carbocycles. The van der Waals surface area contributed by atoms with Crippen molar-refractivity contribution in [3.05, 3.63) is 76.6 Å². The largest absolute Gasteiger partial charge is 0.399 e. The Morgan fingerprint density at radius 1 is 1.00 bits per heavy atom. The Hall–Kier alpha value is -2.55. The number of rotatable bonds is 4. The van der Waals surface area contributed by atoms with E-state index in [1.807, 2.05) is 48.7 Å². The van der Waals surface area contributed by atoms with Gasteiger partial charge < -0.3 is 10.3 Å². The van der Waals surface area contributed by atoms with Gasteiger partial charge in [-0.3, -0.25) is 4.79 Å². The summed E-state index contributed by atoms with van der Waals surface area (Å²) in [5, 5.41) is 0.781. The van der Waals surface area contributed by atoms with Crippen molar-refractivity contribution in [2.24, 2.45) is 0 Å². The van der Waals surface area contributed by atoms with E-state index >= 15 is 0 Å². The molecular formula is C18H18N2O. The highest BCUT2D eigenvalue weighted by Gasteiger charge is 2.02. The molecule has 3 aromatic rings. The van der Waals surface area contributed by atoms with Crippen LogP contribution in [0.3, 0.4) is 0 Å². The van der Waals surface area contributed by atoms with Crippen LogP contribution < -0.4 is 11.2 Å². The van der Waals surface area contributed by atoms with Gasteiger partial charge in [-0.25, -0.2) is 0 Å². The van der Waals surface area contributed by atoms with Crippen LogP contribution >= 0.6 is 0 Å². The van der Waals surface area contributed by atoms with Gasteiger partial charge in [0.05, 0.1) is 5.52 Å². The fraction of sp³-hybridized carbons (Fsp3) is 0.167. The SMILES string of the molecule is Nc1cccc(CCCn2ccc(=O)c3ccccc32)c1. The van der Waals surface area contributed by atoms with Gasteiger partial charge in [-0.2, -0.15) is 0 Å². The summed E-state index contributed by atoms with van der Waals surface area (Å²) in [4.78, 5) is 11.8. The quantitative estimate of drug-likeness (QED) is 0.745. The summed E-state index contributed by atoms with van der Waals surface area (Å²) in [6, 6.07) is 17.4. The maximum Gasteiger partial charge on any atom is 0.189 e. The Morgan fingerprint density at radius 2 is 1.86 bits per heavy atom. The summed E-state index contributed by atoms with van der Waals surface area (Å²) in [6.45, 7) is 0.885. The number of nitrogens with zero attached hydrogens (tertiary/aromatic N) is 1. The molecule has 3 nitrogen and oxygen atoms in total. The van der Waals surface area contributed by atoms with E-state index in [0.717, 1.165) is 36.0 Å². The first-order chi connectivity index (χ1) is 10.2. The van der Waals surface area contributed by atoms with Gasteiger partial charge in [0.1, 0.15) is 0 Å². The minimum Gasteiger partial charge on any atom is -0.399 e. The molecule has 0 unspecified atom stereocenters. The first-order valence-corrected chi connectivity index (χ1v) is 7.17. The average molecular weight is 278 g/mol. The van der Waals surface area contributed by atoms with E-state index in [2.05, 4.69) is 10.6 Å². The Balaban J connectivity index is 1.77. The van der Waals surface area contributed by atoms with Gasteiger partial charge in [-0.05, 0) is 42.7 Å². The summed E-state index contributed by atoms with van der Waals surface area (Å²) in [7, 11) is 0. The molecule has 0 aliphatic carbocycles. The van der Waals surface area contributed by atoms with Crippen molar-refractivity contribution in [3.63, 3.8) is 0 Å². The summed E-state index contributed by atoms with van der Waals surface area (Å²) in [5.41, 5.74) is 8.93. The second-order valence-electron chi connectivity index (χ2n) is 5.24. The predicted molar refractivity (Wildman–Crippen MR) is 87.4 cm³/mol. The predicted octanol–water partition coefficient (Wildman–Crippen LogP) is 3.22. The molecule has 2 N–H and O–H groups in total. The fourth-order valence-electron chi connectivity index (χ4n) is 2.66. The molecule has 0 aliphatic heterocycles. The molecule has 0 fully saturated rings. The molecule has 0 bridgehead atoms. The normalized spacial score (nSPS) is 10.9. The van der Waals surface area contributed by atoms with Gasteiger partial charge in [0, 0.05) is 29.9 Å². The van der Waals surface area contributed by atoms with Crippen LogP contribution in [0.5, 0.6) is 0 Å². The van der Waals surface area contributed by atoms with Gasteiger partial charge in [0.2, 0.25) is 0 Å². The van der Waals surface area contributed by atoms with Crippen LogP contribution in [-0.4, -0.2) is 4.57 Å². The first kappa shape index (κ1) is 13.4. The van der Waals surface area contributed by atoms with E-state index in [-0.39, 0.29) is 5.43 Å². The third-order valence-corrected chi connectivity index (χ3v) is 3.70. The number of pyridine rings is 1. The maximum absolute atomic E-state index is 11.8. The van der Waals surface area contributed by atoms with Crippen molar-refractivity contribution >= 4 is 16.6 Å². The van der Waals surface area contributed by atoms with Crippen molar-refractivity contribution in [3.8, 4) is 0 Å². The van der Waals surface area contributed by atoms with Gasteiger partial charge >= 0.3 is 0 Å². The maximum atomic E-state index is 11.8. The highest BCUT2D eigenvalue weighted by molar-refractivity contribution is 5.78. The smallest absolute Gasteiger partial charge is 0.189 e. The zero-order valence-electron chi connectivity index (χ0n) is 11.8. The molecule has 0 aliphatic rings. The van der Waals surface area contributed by atoms with Crippen LogP contribution in [0.25, 0.3) is 10.9 Å². The van der Waals surface area contributed by atoms with E-state index in [1.54, 1.807) is 6.07 Å². The summed E-state index contributed by atoms with van der Waals surface area (Å²) in [5.74, 6) is 0. The van der Waals surface area contributed by atoms with Gasteiger partial charge in [0.15, 0.2) is 5.43 Å². The summed E-state index contributed by atoms with van der Waals surface area (Å²) in [6.07, 6.45) is 3.87. The van der Waals surface area contributed by atoms with E-state index < -0.39 is 0 Å². The molecule has 0 amide bonds. The molecule has 0 spiro atoms. The van der Waals surface area contributed by atoms with Crippen molar-refractivity contribution in [1.82, 2.24) is 4.57 Å². The molecule has 3 heteroatoms. The number of nitrogens with two attached hydrogens (primary N) is 1. The van der Waals surface area contributed by atoms with E-state index in [0.29, 0.717) is 0 Å². The minimum atomic E-state index is 0.0812. The van der Waals surface area contributed by atoms with Crippen LogP contribution in [0, 0.1) is 0 Å². The number of hydrogen-bond donors (Lipinski definition) is 1. The highest BCUT2D eigenvalue weighted by atomic mass is 16.1. The standard InChI is InChI=1S/C18H18N2O/c19-15-7-3-5-14(13-15)6-4-11-20-12-10-18(21)16-8-1-2-9-17(16)20/h1-3,5,7-10,12-13H,4,6,11,19H2. The summed E-state index contributed by atoms with van der Waals surface area (Å²) >= 11 is 0. The van der Waals surface area contributed by atoms with E-state index in [1.165, 1.54) is 5.56 Å². The summed E-state index contributed by atoms with van der Waals surface area (Å²) < 4.78 is 2.14. The molecule has 0 atom stereocenters. The lowest BCUT2D eigenvalue weighted by Gasteiger charge is -2.10. The number of benzene rings is 2. The van der Waals surface area contributed by atoms with Gasteiger partial charge in [-0.15, -0.1) is 0 Å². The van der Waals surface area contributed by atoms with Crippen molar-refractivity contribution in [2.45, 2.75) is 19.4 Å². The number of para-hydroxylation sites is 1. The molecule has 1 aromatic heterocycles. The van der Waals surface area contributed by atoms with Crippen LogP contribution in [0.1, 0.15) is 12.0 Å². The third-order valence-electron chi connectivity index (χ3n) is 3.70. The molecular weight excluding hydrogens is 260 g/mol. The molecule has 106 valence electrons. The number of hydrogen-bond acceptors (Lipinski definition) is 2. The molecule has 1 heterocycles. The third kappa shape index (κ3) is 2.97. The van der Waals surface area contributed by atoms with Crippen LogP contribution in [0.15, 0.2) is 65.6 Å². The lowest BCUT2D eigenvalue weighted by atomic mass is 10.1. The van der Waals surface area contributed by atoms with Crippen molar-refractivity contribution in [2.75, 3.05) is 5.73 Å². The van der Waals surface area contributed by atoms with Crippen molar-refractivity contribution < 1.29 is 0 Å². The molecule has 3 rings (SSSR count). The number of aryl methyl sites for hydroxylation is 2. The zero-order chi connectivity index (χ0) is 14.7. The highest BCUT2D eigenvalue weighted by Crippen LogP contribution is 2.12. The number of anilines is 1. The lowest BCUT2D eigenvalue weighted by molar-refractivity contribution is 0.657. The Morgan fingerprint density at radius 3 is 2.71 bits per heavy atom. The van der Waals surface area contributed by atoms with Gasteiger partial charge in [0.25, 0.3) is 0 Å². The number of nitrogen functional groups attached to an aromatic ring is 1. The molecule has 0 saturated heterocycles. The van der Waals surface area contributed by atoms with Crippen LogP contribution in [0.2, 0.25) is 0 Å². The Bertz CT molecular complexity index is 821. The number of fused-ring (bicyclic) bond motifs is 1. The van der Waals surface area contributed by atoms with E-state index in [9.17, 15) is 4.79 Å². The average Bonchev–Trinajstić information content (AvgIpc) is 2.50. The second kappa shape index (κ2) is 5.83. The first-order valence-electron chi connectivity index (χ1n) is 7.17. The zero-order valence-corrected chi connectivity index (χ0v) is 11.8. The lowest BCUT2D eigenvalue weighted by Crippen LogP contribution is -2.08. The van der Waals surface area contributed by atoms with E-state index in [4.69, 9.17) is 5.73 Å². The van der Waals surface area contributed by atoms with Gasteiger partial charge in [-0.1, -0.05) is 24.3 Å².